The number of hydrogen-bond donors (Lipinski definition) is 0. The molecule has 0 spiro atoms. The third-order valence-electron chi connectivity index (χ3n) is 3.36. The average molecular weight is 251 g/mol. The van der Waals surface area contributed by atoms with E-state index in [2.05, 4.69) is 27.3 Å². The summed E-state index contributed by atoms with van der Waals surface area (Å²) in [6.07, 6.45) is 2.60. The number of benzene rings is 2. The largest absolute Gasteiger partial charge is 0.372 e. The monoisotopic (exact) mass is 251 g/mol. The van der Waals surface area contributed by atoms with Crippen LogP contribution in [-0.2, 0) is 0 Å². The molecule has 1 saturated heterocycles. The van der Waals surface area contributed by atoms with Crippen LogP contribution in [0.25, 0.3) is 0 Å². The maximum absolute atomic E-state index is 4.25. The van der Waals surface area contributed by atoms with Crippen LogP contribution < -0.4 is 4.90 Å². The first-order valence-corrected chi connectivity index (χ1v) is 6.74. The van der Waals surface area contributed by atoms with Crippen molar-refractivity contribution in [1.82, 2.24) is 0 Å². The van der Waals surface area contributed by atoms with Crippen LogP contribution in [0.2, 0.25) is 0 Å². The standard InChI is InChI=1S/C16H17N3/c1-2-6-14(7-3-1)17-18-15-8-10-16(11-9-15)19-12-4-5-13-19/h1-3,6-11H,4-5,12-13H2/b18-17+. The van der Waals surface area contributed by atoms with Crippen molar-refractivity contribution in [3.05, 3.63) is 54.6 Å². The molecule has 3 heteroatoms. The van der Waals surface area contributed by atoms with Crippen LogP contribution >= 0.6 is 0 Å². The van der Waals surface area contributed by atoms with E-state index in [0.717, 1.165) is 11.4 Å². The zero-order valence-electron chi connectivity index (χ0n) is 10.9. The number of azo groups is 1. The fourth-order valence-electron chi connectivity index (χ4n) is 2.32. The molecular formula is C16H17N3. The van der Waals surface area contributed by atoms with Crippen molar-refractivity contribution in [1.29, 1.82) is 0 Å². The van der Waals surface area contributed by atoms with Gasteiger partial charge < -0.3 is 4.90 Å². The molecule has 1 aliphatic heterocycles. The van der Waals surface area contributed by atoms with Crippen molar-refractivity contribution in [2.24, 2.45) is 10.2 Å². The summed E-state index contributed by atoms with van der Waals surface area (Å²) < 4.78 is 0. The zero-order valence-corrected chi connectivity index (χ0v) is 10.9. The molecule has 1 fully saturated rings. The lowest BCUT2D eigenvalue weighted by Crippen LogP contribution is -2.17. The van der Waals surface area contributed by atoms with Gasteiger partial charge in [-0.25, -0.2) is 0 Å². The fraction of sp³-hybridized carbons (Fsp3) is 0.250. The van der Waals surface area contributed by atoms with Crippen LogP contribution in [0, 0.1) is 0 Å². The Labute approximate surface area is 113 Å². The van der Waals surface area contributed by atoms with Crippen molar-refractivity contribution in [3.8, 4) is 0 Å². The van der Waals surface area contributed by atoms with Crippen molar-refractivity contribution < 1.29 is 0 Å². The smallest absolute Gasteiger partial charge is 0.0858 e. The van der Waals surface area contributed by atoms with E-state index >= 15 is 0 Å². The Morgan fingerprint density at radius 2 is 1.26 bits per heavy atom. The molecular weight excluding hydrogens is 234 g/mol. The van der Waals surface area contributed by atoms with Crippen molar-refractivity contribution >= 4 is 17.1 Å². The van der Waals surface area contributed by atoms with E-state index in [1.807, 2.05) is 42.5 Å². The molecule has 0 amide bonds. The van der Waals surface area contributed by atoms with Crippen LogP contribution in [0.1, 0.15) is 12.8 Å². The molecule has 2 aromatic rings. The van der Waals surface area contributed by atoms with Crippen LogP contribution in [0.5, 0.6) is 0 Å². The van der Waals surface area contributed by atoms with E-state index in [4.69, 9.17) is 0 Å². The molecule has 0 saturated carbocycles. The first-order valence-electron chi connectivity index (χ1n) is 6.74. The van der Waals surface area contributed by atoms with Crippen LogP contribution in [-0.4, -0.2) is 13.1 Å². The Morgan fingerprint density at radius 1 is 0.684 bits per heavy atom. The summed E-state index contributed by atoms with van der Waals surface area (Å²) in [5.74, 6) is 0. The molecule has 0 unspecified atom stereocenters. The summed E-state index contributed by atoms with van der Waals surface area (Å²) in [5.41, 5.74) is 3.06. The van der Waals surface area contributed by atoms with E-state index in [1.165, 1.54) is 31.6 Å². The molecule has 0 aromatic heterocycles. The number of hydrogen-bond acceptors (Lipinski definition) is 3. The van der Waals surface area contributed by atoms with E-state index in [-0.39, 0.29) is 0 Å². The second-order valence-electron chi connectivity index (χ2n) is 4.75. The molecule has 3 rings (SSSR count). The lowest BCUT2D eigenvalue weighted by molar-refractivity contribution is 0.949. The summed E-state index contributed by atoms with van der Waals surface area (Å²) in [5, 5.41) is 8.47. The lowest BCUT2D eigenvalue weighted by Gasteiger charge is -2.17. The SMILES string of the molecule is c1ccc(/N=N/c2ccc(N3CCCC3)cc2)cc1. The summed E-state index contributed by atoms with van der Waals surface area (Å²) in [6, 6.07) is 18.1. The topological polar surface area (TPSA) is 28.0 Å². The highest BCUT2D eigenvalue weighted by Gasteiger charge is 2.11. The van der Waals surface area contributed by atoms with E-state index in [0.29, 0.717) is 0 Å². The van der Waals surface area contributed by atoms with Crippen LogP contribution in [0.3, 0.4) is 0 Å². The zero-order chi connectivity index (χ0) is 12.9. The predicted molar refractivity (Wildman–Crippen MR) is 78.5 cm³/mol. The normalized spacial score (nSPS) is 15.3. The maximum Gasteiger partial charge on any atom is 0.0858 e. The molecule has 0 N–H and O–H groups in total. The molecule has 19 heavy (non-hydrogen) atoms. The average Bonchev–Trinajstić information content (AvgIpc) is 3.01. The van der Waals surface area contributed by atoms with Gasteiger partial charge in [-0.2, -0.15) is 10.2 Å². The van der Waals surface area contributed by atoms with Gasteiger partial charge in [-0.05, 0) is 49.2 Å². The van der Waals surface area contributed by atoms with Crippen LogP contribution in [0.4, 0.5) is 17.1 Å². The molecule has 3 nitrogen and oxygen atoms in total. The molecule has 0 bridgehead atoms. The molecule has 0 radical (unpaired) electrons. The highest BCUT2D eigenvalue weighted by molar-refractivity contribution is 5.53. The van der Waals surface area contributed by atoms with Gasteiger partial charge in [-0.15, -0.1) is 0 Å². The Balaban J connectivity index is 1.70. The molecule has 96 valence electrons. The number of nitrogens with zero attached hydrogens (tertiary/aromatic N) is 3. The van der Waals surface area contributed by atoms with Gasteiger partial charge in [0.25, 0.3) is 0 Å². The van der Waals surface area contributed by atoms with Gasteiger partial charge in [0.05, 0.1) is 11.4 Å². The molecule has 1 heterocycles. The first-order chi connectivity index (χ1) is 9.42. The maximum atomic E-state index is 4.25. The number of anilines is 1. The summed E-state index contributed by atoms with van der Waals surface area (Å²) in [7, 11) is 0. The molecule has 2 aromatic carbocycles. The van der Waals surface area contributed by atoms with E-state index in [9.17, 15) is 0 Å². The summed E-state index contributed by atoms with van der Waals surface area (Å²) >= 11 is 0. The lowest BCUT2D eigenvalue weighted by atomic mass is 10.2. The van der Waals surface area contributed by atoms with Crippen molar-refractivity contribution in [2.45, 2.75) is 12.8 Å². The summed E-state index contributed by atoms with van der Waals surface area (Å²) in [4.78, 5) is 2.41. The van der Waals surface area contributed by atoms with Gasteiger partial charge in [0.1, 0.15) is 0 Å². The molecule has 0 aliphatic carbocycles. The van der Waals surface area contributed by atoms with Crippen LogP contribution in [0.15, 0.2) is 64.8 Å². The van der Waals surface area contributed by atoms with Gasteiger partial charge in [-0.3, -0.25) is 0 Å². The van der Waals surface area contributed by atoms with E-state index < -0.39 is 0 Å². The molecule has 0 atom stereocenters. The van der Waals surface area contributed by atoms with Gasteiger partial charge in [0, 0.05) is 18.8 Å². The predicted octanol–water partition coefficient (Wildman–Crippen LogP) is 4.70. The van der Waals surface area contributed by atoms with Gasteiger partial charge in [-0.1, -0.05) is 18.2 Å². The van der Waals surface area contributed by atoms with Gasteiger partial charge >= 0.3 is 0 Å². The van der Waals surface area contributed by atoms with Crippen molar-refractivity contribution in [3.63, 3.8) is 0 Å². The quantitative estimate of drug-likeness (QED) is 0.726. The third-order valence-corrected chi connectivity index (χ3v) is 3.36. The van der Waals surface area contributed by atoms with E-state index in [1.54, 1.807) is 0 Å². The highest BCUT2D eigenvalue weighted by Crippen LogP contribution is 2.24. The third kappa shape index (κ3) is 2.99. The van der Waals surface area contributed by atoms with Gasteiger partial charge in [0.15, 0.2) is 0 Å². The Bertz CT molecular complexity index is 540. The highest BCUT2D eigenvalue weighted by atomic mass is 15.1. The Morgan fingerprint density at radius 3 is 1.89 bits per heavy atom. The Kier molecular flexibility index (Phi) is 3.54. The Hall–Kier alpha value is -2.16. The fourth-order valence-corrected chi connectivity index (χ4v) is 2.32. The second-order valence-corrected chi connectivity index (χ2v) is 4.75. The minimum atomic E-state index is 0.881. The minimum Gasteiger partial charge on any atom is -0.372 e. The molecule has 1 aliphatic rings. The van der Waals surface area contributed by atoms with Gasteiger partial charge in [0.2, 0.25) is 0 Å². The number of rotatable bonds is 3. The first kappa shape index (κ1) is 11.9. The summed E-state index contributed by atoms with van der Waals surface area (Å²) in [6.45, 7) is 2.34. The van der Waals surface area contributed by atoms with Crippen molar-refractivity contribution in [2.75, 3.05) is 18.0 Å². The second kappa shape index (κ2) is 5.65. The minimum absolute atomic E-state index is 0.881.